The quantitative estimate of drug-likeness (QED) is 0.639. The van der Waals surface area contributed by atoms with E-state index >= 15 is 0 Å². The Morgan fingerprint density at radius 2 is 2.45 bits per heavy atom. The van der Waals surface area contributed by atoms with Crippen molar-refractivity contribution >= 4 is 5.97 Å². The van der Waals surface area contributed by atoms with E-state index in [1.54, 1.807) is 6.08 Å². The maximum Gasteiger partial charge on any atom is 0.303 e. The van der Waals surface area contributed by atoms with Crippen molar-refractivity contribution in [3.05, 3.63) is 11.8 Å². The fourth-order valence-electron chi connectivity index (χ4n) is 1.31. The largest absolute Gasteiger partial charge is 0.513 e. The minimum Gasteiger partial charge on any atom is -0.513 e. The lowest BCUT2D eigenvalue weighted by atomic mass is 9.91. The van der Waals surface area contributed by atoms with Gasteiger partial charge in [-0.3, -0.25) is 4.79 Å². The van der Waals surface area contributed by atoms with E-state index in [1.165, 1.54) is 0 Å². The molecule has 0 bridgehead atoms. The second kappa shape index (κ2) is 3.42. The molecule has 2 N–H and O–H groups in total. The summed E-state index contributed by atoms with van der Waals surface area (Å²) in [6.45, 7) is 0. The summed E-state index contributed by atoms with van der Waals surface area (Å²) in [6.07, 6.45) is 4.09. The molecule has 62 valence electrons. The van der Waals surface area contributed by atoms with Gasteiger partial charge in [0.05, 0.1) is 5.76 Å². The van der Waals surface area contributed by atoms with Crippen LogP contribution in [0.1, 0.15) is 25.7 Å². The molecule has 0 unspecified atom stereocenters. The minimum atomic E-state index is -0.746. The molecule has 0 saturated heterocycles. The molecule has 0 spiro atoms. The van der Waals surface area contributed by atoms with Gasteiger partial charge in [-0.1, -0.05) is 0 Å². The van der Waals surface area contributed by atoms with Crippen molar-refractivity contribution < 1.29 is 15.0 Å². The summed E-state index contributed by atoms with van der Waals surface area (Å²) in [7, 11) is 0. The first-order valence-corrected chi connectivity index (χ1v) is 3.78. The Kier molecular flexibility index (Phi) is 2.52. The van der Waals surface area contributed by atoms with Crippen LogP contribution in [0.2, 0.25) is 0 Å². The van der Waals surface area contributed by atoms with Gasteiger partial charge >= 0.3 is 5.97 Å². The van der Waals surface area contributed by atoms with Crippen LogP contribution in [-0.4, -0.2) is 16.2 Å². The van der Waals surface area contributed by atoms with Crippen LogP contribution in [0.25, 0.3) is 0 Å². The lowest BCUT2D eigenvalue weighted by Crippen LogP contribution is -2.10. The van der Waals surface area contributed by atoms with E-state index in [-0.39, 0.29) is 12.3 Å². The summed E-state index contributed by atoms with van der Waals surface area (Å²) in [5.74, 6) is -0.111. The highest BCUT2D eigenvalue weighted by Crippen LogP contribution is 2.24. The second-order valence-electron chi connectivity index (χ2n) is 2.93. The molecule has 0 aromatic carbocycles. The molecule has 1 rings (SSSR count). The van der Waals surface area contributed by atoms with Crippen molar-refractivity contribution in [1.29, 1.82) is 0 Å². The fourth-order valence-corrected chi connectivity index (χ4v) is 1.31. The molecule has 0 heterocycles. The first-order chi connectivity index (χ1) is 5.18. The molecule has 3 nitrogen and oxygen atoms in total. The number of allylic oxidation sites excluding steroid dienone is 2. The molecular weight excluding hydrogens is 144 g/mol. The van der Waals surface area contributed by atoms with Crippen molar-refractivity contribution in [2.45, 2.75) is 25.7 Å². The second-order valence-corrected chi connectivity index (χ2v) is 2.93. The number of carboxylic acids is 1. The smallest absolute Gasteiger partial charge is 0.303 e. The molecule has 0 amide bonds. The van der Waals surface area contributed by atoms with Crippen LogP contribution in [0, 0.1) is 5.92 Å². The van der Waals surface area contributed by atoms with Gasteiger partial charge in [0.1, 0.15) is 0 Å². The van der Waals surface area contributed by atoms with Crippen molar-refractivity contribution in [2.24, 2.45) is 5.92 Å². The Balaban J connectivity index is 2.35. The summed E-state index contributed by atoms with van der Waals surface area (Å²) in [5, 5.41) is 17.4. The maximum atomic E-state index is 10.3. The van der Waals surface area contributed by atoms with Gasteiger partial charge < -0.3 is 10.2 Å². The molecule has 1 aliphatic carbocycles. The van der Waals surface area contributed by atoms with E-state index in [0.717, 1.165) is 6.42 Å². The van der Waals surface area contributed by atoms with Crippen LogP contribution in [0.15, 0.2) is 11.8 Å². The molecule has 1 aliphatic rings. The maximum absolute atomic E-state index is 10.3. The van der Waals surface area contributed by atoms with Gasteiger partial charge in [0.25, 0.3) is 0 Å². The van der Waals surface area contributed by atoms with Crippen LogP contribution in [0.5, 0.6) is 0 Å². The Morgan fingerprint density at radius 1 is 1.73 bits per heavy atom. The Labute approximate surface area is 65.3 Å². The van der Waals surface area contributed by atoms with Crippen LogP contribution < -0.4 is 0 Å². The van der Waals surface area contributed by atoms with E-state index < -0.39 is 5.97 Å². The normalized spacial score (nSPS) is 24.4. The van der Waals surface area contributed by atoms with Gasteiger partial charge in [-0.05, 0) is 24.8 Å². The molecule has 0 aromatic rings. The SMILES string of the molecule is O=C(O)C[C@@H]1CC=C(O)CC1. The number of carbonyl (C=O) groups is 1. The Morgan fingerprint density at radius 3 is 2.91 bits per heavy atom. The number of hydrogen-bond acceptors (Lipinski definition) is 2. The third kappa shape index (κ3) is 2.62. The van der Waals surface area contributed by atoms with E-state index in [9.17, 15) is 4.79 Å². The minimum absolute atomic E-state index is 0.225. The molecule has 0 fully saturated rings. The molecule has 0 saturated carbocycles. The van der Waals surface area contributed by atoms with Gasteiger partial charge in [-0.25, -0.2) is 0 Å². The van der Waals surface area contributed by atoms with Crippen molar-refractivity contribution in [3.63, 3.8) is 0 Å². The van der Waals surface area contributed by atoms with Crippen LogP contribution in [0.4, 0.5) is 0 Å². The summed E-state index contributed by atoms with van der Waals surface area (Å²) >= 11 is 0. The zero-order valence-electron chi connectivity index (χ0n) is 6.29. The zero-order chi connectivity index (χ0) is 8.27. The van der Waals surface area contributed by atoms with Gasteiger partial charge in [0, 0.05) is 12.8 Å². The van der Waals surface area contributed by atoms with Crippen LogP contribution >= 0.6 is 0 Å². The number of aliphatic hydroxyl groups excluding tert-OH is 1. The fraction of sp³-hybridized carbons (Fsp3) is 0.625. The number of carboxylic acid groups (broad SMARTS) is 1. The summed E-state index contributed by atoms with van der Waals surface area (Å²) in [6, 6.07) is 0. The topological polar surface area (TPSA) is 57.5 Å². The van der Waals surface area contributed by atoms with Gasteiger partial charge in [-0.15, -0.1) is 0 Å². The first kappa shape index (κ1) is 8.11. The molecule has 0 aliphatic heterocycles. The predicted octanol–water partition coefficient (Wildman–Crippen LogP) is 1.70. The van der Waals surface area contributed by atoms with Crippen molar-refractivity contribution in [2.75, 3.05) is 0 Å². The third-order valence-corrected chi connectivity index (χ3v) is 1.96. The monoisotopic (exact) mass is 156 g/mol. The Bertz CT molecular complexity index is 184. The average Bonchev–Trinajstić information content (AvgIpc) is 1.93. The molecular formula is C8H12O3. The highest BCUT2D eigenvalue weighted by Gasteiger charge is 2.16. The predicted molar refractivity (Wildman–Crippen MR) is 40.3 cm³/mol. The Hall–Kier alpha value is -0.990. The highest BCUT2D eigenvalue weighted by molar-refractivity contribution is 5.67. The zero-order valence-corrected chi connectivity index (χ0v) is 6.29. The van der Waals surface area contributed by atoms with Crippen LogP contribution in [0.3, 0.4) is 0 Å². The first-order valence-electron chi connectivity index (χ1n) is 3.78. The summed E-state index contributed by atoms with van der Waals surface area (Å²) in [5.41, 5.74) is 0. The molecule has 0 radical (unpaired) electrons. The van der Waals surface area contributed by atoms with Crippen molar-refractivity contribution in [3.8, 4) is 0 Å². The van der Waals surface area contributed by atoms with Gasteiger partial charge in [0.2, 0.25) is 0 Å². The average molecular weight is 156 g/mol. The number of hydrogen-bond donors (Lipinski definition) is 2. The standard InChI is InChI=1S/C8H12O3/c9-7-3-1-6(2-4-7)5-8(10)11/h3,6,9H,1-2,4-5H2,(H,10,11)/t6-/m1/s1. The highest BCUT2D eigenvalue weighted by atomic mass is 16.4. The van der Waals surface area contributed by atoms with Gasteiger partial charge in [-0.2, -0.15) is 0 Å². The van der Waals surface area contributed by atoms with Crippen molar-refractivity contribution in [1.82, 2.24) is 0 Å². The van der Waals surface area contributed by atoms with E-state index in [4.69, 9.17) is 10.2 Å². The number of aliphatic hydroxyl groups is 1. The molecule has 0 aromatic heterocycles. The molecule has 1 atom stereocenters. The lowest BCUT2D eigenvalue weighted by molar-refractivity contribution is -0.138. The van der Waals surface area contributed by atoms with E-state index in [0.29, 0.717) is 18.6 Å². The number of aliphatic carboxylic acids is 1. The lowest BCUT2D eigenvalue weighted by Gasteiger charge is -2.16. The van der Waals surface area contributed by atoms with E-state index in [2.05, 4.69) is 0 Å². The van der Waals surface area contributed by atoms with Gasteiger partial charge in [0.15, 0.2) is 0 Å². The summed E-state index contributed by atoms with van der Waals surface area (Å²) in [4.78, 5) is 10.3. The molecule has 11 heavy (non-hydrogen) atoms. The number of rotatable bonds is 2. The van der Waals surface area contributed by atoms with Crippen LogP contribution in [-0.2, 0) is 4.79 Å². The molecule has 3 heteroatoms. The summed E-state index contributed by atoms with van der Waals surface area (Å²) < 4.78 is 0. The van der Waals surface area contributed by atoms with E-state index in [1.807, 2.05) is 0 Å². The third-order valence-electron chi connectivity index (χ3n) is 1.96.